The summed E-state index contributed by atoms with van der Waals surface area (Å²) in [7, 11) is 0. The van der Waals surface area contributed by atoms with E-state index in [1.54, 1.807) is 4.90 Å². The summed E-state index contributed by atoms with van der Waals surface area (Å²) in [4.78, 5) is 13.8. The number of carbonyl (C=O) groups excluding carboxylic acids is 1. The molecule has 0 radical (unpaired) electrons. The molecule has 2 N–H and O–H groups in total. The number of aliphatic hydroxyl groups excluding tert-OH is 1. The van der Waals surface area contributed by atoms with Gasteiger partial charge in [0.1, 0.15) is 6.10 Å². The summed E-state index contributed by atoms with van der Waals surface area (Å²) in [5.74, 6) is -0.155. The Balaban J connectivity index is 1.94. The van der Waals surface area contributed by atoms with Crippen LogP contribution in [0.15, 0.2) is 24.3 Å². The Kier molecular flexibility index (Phi) is 4.33. The number of carbonyl (C=O) groups is 1. The van der Waals surface area contributed by atoms with Crippen molar-refractivity contribution in [3.05, 3.63) is 35.4 Å². The lowest BCUT2D eigenvalue weighted by atomic mass is 10.0. The normalized spacial score (nSPS) is 17.6. The lowest BCUT2D eigenvalue weighted by molar-refractivity contribution is -0.140. The lowest BCUT2D eigenvalue weighted by Gasteiger charge is -2.29. The van der Waals surface area contributed by atoms with Crippen LogP contribution in [-0.2, 0) is 11.2 Å². The molecule has 4 heteroatoms. The molecular formula is C14H20N2O2. The zero-order valence-electron chi connectivity index (χ0n) is 10.7. The number of piperazine rings is 1. The Hall–Kier alpha value is -1.39. The smallest absolute Gasteiger partial charge is 0.251 e. The molecule has 1 aromatic carbocycles. The molecule has 1 fully saturated rings. The van der Waals surface area contributed by atoms with Crippen molar-refractivity contribution in [2.75, 3.05) is 26.2 Å². The van der Waals surface area contributed by atoms with Crippen LogP contribution in [0.2, 0.25) is 0 Å². The van der Waals surface area contributed by atoms with Gasteiger partial charge >= 0.3 is 0 Å². The highest BCUT2D eigenvalue weighted by molar-refractivity contribution is 5.81. The number of nitrogens with zero attached hydrogens (tertiary/aromatic N) is 1. The van der Waals surface area contributed by atoms with Gasteiger partial charge in [0.2, 0.25) is 0 Å². The first-order chi connectivity index (χ1) is 8.66. The molecule has 0 saturated carbocycles. The Morgan fingerprint density at radius 2 is 2.17 bits per heavy atom. The first-order valence-corrected chi connectivity index (χ1v) is 6.40. The van der Waals surface area contributed by atoms with Crippen molar-refractivity contribution >= 4 is 5.91 Å². The number of aryl methyl sites for hydroxylation is 1. The van der Waals surface area contributed by atoms with Crippen molar-refractivity contribution in [2.45, 2.75) is 19.4 Å². The molecule has 2 rings (SSSR count). The van der Waals surface area contributed by atoms with Crippen LogP contribution in [0.1, 0.15) is 11.1 Å². The highest BCUT2D eigenvalue weighted by Gasteiger charge is 2.23. The van der Waals surface area contributed by atoms with Crippen molar-refractivity contribution in [3.8, 4) is 0 Å². The minimum Gasteiger partial charge on any atom is -0.383 e. The highest BCUT2D eigenvalue weighted by atomic mass is 16.3. The van der Waals surface area contributed by atoms with Crippen LogP contribution < -0.4 is 5.32 Å². The first kappa shape index (κ1) is 13.1. The van der Waals surface area contributed by atoms with E-state index in [4.69, 9.17) is 0 Å². The summed E-state index contributed by atoms with van der Waals surface area (Å²) in [5.41, 5.74) is 2.15. The Morgan fingerprint density at radius 1 is 1.44 bits per heavy atom. The largest absolute Gasteiger partial charge is 0.383 e. The molecule has 0 aliphatic carbocycles. The molecule has 1 unspecified atom stereocenters. The van der Waals surface area contributed by atoms with Crippen LogP contribution >= 0.6 is 0 Å². The minimum atomic E-state index is -0.926. The lowest BCUT2D eigenvalue weighted by Crippen LogP contribution is -2.50. The van der Waals surface area contributed by atoms with E-state index in [-0.39, 0.29) is 5.91 Å². The van der Waals surface area contributed by atoms with E-state index in [2.05, 4.69) is 5.32 Å². The SMILES string of the molecule is Cc1cccc(CC(O)C(=O)N2CCNCC2)c1. The molecule has 0 bridgehead atoms. The van der Waals surface area contributed by atoms with Gasteiger partial charge in [-0.2, -0.15) is 0 Å². The fourth-order valence-electron chi connectivity index (χ4n) is 2.25. The molecule has 0 aromatic heterocycles. The Labute approximate surface area is 108 Å². The van der Waals surface area contributed by atoms with Gasteiger partial charge in [0.15, 0.2) is 0 Å². The van der Waals surface area contributed by atoms with Gasteiger partial charge < -0.3 is 15.3 Å². The molecule has 4 nitrogen and oxygen atoms in total. The number of hydrogen-bond donors (Lipinski definition) is 2. The van der Waals surface area contributed by atoms with Gasteiger partial charge in [-0.1, -0.05) is 29.8 Å². The number of rotatable bonds is 3. The van der Waals surface area contributed by atoms with E-state index in [0.717, 1.165) is 24.2 Å². The fraction of sp³-hybridized carbons (Fsp3) is 0.500. The van der Waals surface area contributed by atoms with Crippen molar-refractivity contribution in [1.29, 1.82) is 0 Å². The summed E-state index contributed by atoms with van der Waals surface area (Å²) in [5, 5.41) is 13.2. The van der Waals surface area contributed by atoms with Gasteiger partial charge in [0.05, 0.1) is 0 Å². The number of nitrogens with one attached hydrogen (secondary N) is 1. The summed E-state index contributed by atoms with van der Waals surface area (Å²) >= 11 is 0. The predicted molar refractivity (Wildman–Crippen MR) is 70.3 cm³/mol. The van der Waals surface area contributed by atoms with Gasteiger partial charge in [-0.15, -0.1) is 0 Å². The fourth-order valence-corrected chi connectivity index (χ4v) is 2.25. The average molecular weight is 248 g/mol. The van der Waals surface area contributed by atoms with Crippen molar-refractivity contribution < 1.29 is 9.90 Å². The van der Waals surface area contributed by atoms with Gasteiger partial charge in [0.25, 0.3) is 5.91 Å². The summed E-state index contributed by atoms with van der Waals surface area (Å²) in [6, 6.07) is 7.91. The van der Waals surface area contributed by atoms with E-state index in [0.29, 0.717) is 19.5 Å². The molecule has 18 heavy (non-hydrogen) atoms. The number of aliphatic hydroxyl groups is 1. The Morgan fingerprint density at radius 3 is 2.83 bits per heavy atom. The van der Waals surface area contributed by atoms with Crippen molar-refractivity contribution in [1.82, 2.24) is 10.2 Å². The molecule has 1 aliphatic rings. The minimum absolute atomic E-state index is 0.155. The zero-order valence-corrected chi connectivity index (χ0v) is 10.7. The standard InChI is InChI=1S/C14H20N2O2/c1-11-3-2-4-12(9-11)10-13(17)14(18)16-7-5-15-6-8-16/h2-4,9,13,15,17H,5-8,10H2,1H3. The van der Waals surface area contributed by atoms with Crippen molar-refractivity contribution in [2.24, 2.45) is 0 Å². The highest BCUT2D eigenvalue weighted by Crippen LogP contribution is 2.09. The molecule has 0 spiro atoms. The second kappa shape index (κ2) is 5.98. The van der Waals surface area contributed by atoms with Crippen LogP contribution in [0.4, 0.5) is 0 Å². The van der Waals surface area contributed by atoms with Gasteiger partial charge in [-0.05, 0) is 12.5 Å². The van der Waals surface area contributed by atoms with E-state index >= 15 is 0 Å². The third-order valence-electron chi connectivity index (χ3n) is 3.23. The van der Waals surface area contributed by atoms with E-state index in [9.17, 15) is 9.90 Å². The maximum atomic E-state index is 12.0. The van der Waals surface area contributed by atoms with E-state index in [1.165, 1.54) is 0 Å². The monoisotopic (exact) mass is 248 g/mol. The number of amides is 1. The quantitative estimate of drug-likeness (QED) is 0.810. The van der Waals surface area contributed by atoms with Gasteiger partial charge in [0, 0.05) is 32.6 Å². The molecule has 1 heterocycles. The van der Waals surface area contributed by atoms with Gasteiger partial charge in [-0.25, -0.2) is 0 Å². The molecule has 1 aromatic rings. The first-order valence-electron chi connectivity index (χ1n) is 6.40. The number of benzene rings is 1. The summed E-state index contributed by atoms with van der Waals surface area (Å²) in [6.45, 7) is 4.99. The molecule has 1 saturated heterocycles. The third-order valence-corrected chi connectivity index (χ3v) is 3.23. The van der Waals surface area contributed by atoms with E-state index in [1.807, 2.05) is 31.2 Å². The number of hydrogen-bond acceptors (Lipinski definition) is 3. The van der Waals surface area contributed by atoms with Crippen LogP contribution in [-0.4, -0.2) is 48.2 Å². The third kappa shape index (κ3) is 3.31. The zero-order chi connectivity index (χ0) is 13.0. The van der Waals surface area contributed by atoms with E-state index < -0.39 is 6.10 Å². The summed E-state index contributed by atoms with van der Waals surface area (Å²) in [6.07, 6.45) is -0.533. The molecule has 1 aliphatic heterocycles. The maximum Gasteiger partial charge on any atom is 0.251 e. The maximum absolute atomic E-state index is 12.0. The van der Waals surface area contributed by atoms with Crippen LogP contribution in [0.25, 0.3) is 0 Å². The molecular weight excluding hydrogens is 228 g/mol. The molecule has 1 atom stereocenters. The average Bonchev–Trinajstić information content (AvgIpc) is 2.39. The summed E-state index contributed by atoms with van der Waals surface area (Å²) < 4.78 is 0. The second-order valence-corrected chi connectivity index (χ2v) is 4.78. The van der Waals surface area contributed by atoms with Crippen LogP contribution in [0.3, 0.4) is 0 Å². The van der Waals surface area contributed by atoms with Gasteiger partial charge in [-0.3, -0.25) is 4.79 Å². The second-order valence-electron chi connectivity index (χ2n) is 4.78. The van der Waals surface area contributed by atoms with Crippen LogP contribution in [0, 0.1) is 6.92 Å². The molecule has 98 valence electrons. The predicted octanol–water partition coefficient (Wildman–Crippen LogP) is 0.330. The topological polar surface area (TPSA) is 52.6 Å². The van der Waals surface area contributed by atoms with Crippen LogP contribution in [0.5, 0.6) is 0 Å². The Bertz CT molecular complexity index is 414. The van der Waals surface area contributed by atoms with Crippen molar-refractivity contribution in [3.63, 3.8) is 0 Å². The molecule has 1 amide bonds.